The molecule has 20 heavy (non-hydrogen) atoms. The lowest BCUT2D eigenvalue weighted by atomic mass is 9.96. The second-order valence-corrected chi connectivity index (χ2v) is 6.70. The van der Waals surface area contributed by atoms with E-state index in [1.54, 1.807) is 5.57 Å². The first-order valence-electron chi connectivity index (χ1n) is 8.36. The summed E-state index contributed by atoms with van der Waals surface area (Å²) in [5, 5.41) is 3.39. The Morgan fingerprint density at radius 2 is 2.05 bits per heavy atom. The molecule has 0 spiro atoms. The number of piperidine rings is 1. The second-order valence-electron chi connectivity index (χ2n) is 6.70. The van der Waals surface area contributed by atoms with Crippen molar-refractivity contribution in [2.24, 2.45) is 5.92 Å². The minimum atomic E-state index is 0.695. The van der Waals surface area contributed by atoms with Crippen LogP contribution >= 0.6 is 0 Å². The van der Waals surface area contributed by atoms with Crippen LogP contribution in [0.5, 0.6) is 0 Å². The van der Waals surface area contributed by atoms with Crippen molar-refractivity contribution in [1.29, 1.82) is 0 Å². The molecule has 0 radical (unpaired) electrons. The Labute approximate surface area is 123 Å². The van der Waals surface area contributed by atoms with Gasteiger partial charge in [0.1, 0.15) is 0 Å². The van der Waals surface area contributed by atoms with E-state index in [-0.39, 0.29) is 0 Å². The van der Waals surface area contributed by atoms with Gasteiger partial charge in [0.15, 0.2) is 0 Å². The zero-order valence-corrected chi connectivity index (χ0v) is 12.9. The minimum absolute atomic E-state index is 0.695. The number of likely N-dealkylation sites (tertiary alicyclic amines) is 1. The van der Waals surface area contributed by atoms with Crippen LogP contribution in [-0.4, -0.2) is 55.1 Å². The van der Waals surface area contributed by atoms with Gasteiger partial charge < -0.3 is 10.2 Å². The van der Waals surface area contributed by atoms with E-state index in [1.807, 2.05) is 0 Å². The summed E-state index contributed by atoms with van der Waals surface area (Å²) in [6.07, 6.45) is 12.5. The lowest BCUT2D eigenvalue weighted by Gasteiger charge is -2.39. The van der Waals surface area contributed by atoms with Gasteiger partial charge in [-0.3, -0.25) is 4.90 Å². The quantitative estimate of drug-likeness (QED) is 0.797. The van der Waals surface area contributed by atoms with E-state index >= 15 is 0 Å². The first-order valence-corrected chi connectivity index (χ1v) is 8.36. The van der Waals surface area contributed by atoms with E-state index in [1.165, 1.54) is 45.3 Å². The van der Waals surface area contributed by atoms with Gasteiger partial charge in [-0.2, -0.15) is 0 Å². The van der Waals surface area contributed by atoms with Gasteiger partial charge >= 0.3 is 0 Å². The molecular weight excluding hydrogens is 246 g/mol. The Morgan fingerprint density at radius 1 is 1.20 bits per heavy atom. The summed E-state index contributed by atoms with van der Waals surface area (Å²) in [5.41, 5.74) is 1.61. The molecule has 3 rings (SSSR count). The maximum atomic E-state index is 3.39. The Bertz CT molecular complexity index is 366. The molecule has 3 heteroatoms. The molecule has 0 aromatic heterocycles. The Hall–Kier alpha value is -0.800. The molecule has 0 amide bonds. The zero-order valence-electron chi connectivity index (χ0n) is 12.9. The van der Waals surface area contributed by atoms with Crippen LogP contribution in [0.2, 0.25) is 0 Å². The summed E-state index contributed by atoms with van der Waals surface area (Å²) in [6.45, 7) is 9.56. The molecule has 0 aliphatic carbocycles. The van der Waals surface area contributed by atoms with Gasteiger partial charge in [-0.15, -0.1) is 0 Å². The molecule has 1 unspecified atom stereocenters. The maximum Gasteiger partial charge on any atom is 0.0384 e. The highest BCUT2D eigenvalue weighted by molar-refractivity contribution is 5.11. The van der Waals surface area contributed by atoms with Crippen LogP contribution in [0.4, 0.5) is 0 Å². The van der Waals surface area contributed by atoms with Crippen molar-refractivity contribution in [3.05, 3.63) is 23.9 Å². The molecule has 3 aliphatic rings. The zero-order chi connectivity index (χ0) is 13.8. The van der Waals surface area contributed by atoms with E-state index in [0.29, 0.717) is 6.04 Å². The number of nitrogens with zero attached hydrogens (tertiary/aromatic N) is 2. The predicted molar refractivity (Wildman–Crippen MR) is 84.7 cm³/mol. The molecule has 3 heterocycles. The molecule has 0 bridgehead atoms. The number of hydrogen-bond donors (Lipinski definition) is 1. The lowest BCUT2D eigenvalue weighted by Crippen LogP contribution is -2.43. The summed E-state index contributed by atoms with van der Waals surface area (Å²) in [7, 11) is 0. The molecule has 1 N–H and O–H groups in total. The van der Waals surface area contributed by atoms with Crippen LogP contribution < -0.4 is 5.32 Å². The average molecular weight is 275 g/mol. The SMILES string of the molecule is CC1CCN(C2C=CN(CC3=CCNCC3)CC2)CC1. The number of hydrogen-bond acceptors (Lipinski definition) is 3. The fourth-order valence-electron chi connectivity index (χ4n) is 3.56. The topological polar surface area (TPSA) is 18.5 Å². The van der Waals surface area contributed by atoms with Crippen molar-refractivity contribution in [2.45, 2.75) is 38.6 Å². The van der Waals surface area contributed by atoms with Crippen LogP contribution in [0, 0.1) is 5.92 Å². The van der Waals surface area contributed by atoms with Gasteiger partial charge in [0.05, 0.1) is 0 Å². The van der Waals surface area contributed by atoms with Crippen LogP contribution in [0.1, 0.15) is 32.6 Å². The Balaban J connectivity index is 1.48. The normalized spacial score (nSPS) is 29.6. The van der Waals surface area contributed by atoms with E-state index in [0.717, 1.165) is 25.6 Å². The first kappa shape index (κ1) is 14.2. The number of nitrogens with one attached hydrogen (secondary N) is 1. The van der Waals surface area contributed by atoms with Gasteiger partial charge in [0.25, 0.3) is 0 Å². The maximum absolute atomic E-state index is 3.39. The summed E-state index contributed by atoms with van der Waals surface area (Å²) in [6, 6.07) is 0.695. The summed E-state index contributed by atoms with van der Waals surface area (Å²) < 4.78 is 0. The van der Waals surface area contributed by atoms with E-state index in [4.69, 9.17) is 0 Å². The van der Waals surface area contributed by atoms with Gasteiger partial charge in [-0.05, 0) is 57.4 Å². The van der Waals surface area contributed by atoms with Gasteiger partial charge in [0, 0.05) is 25.7 Å². The standard InChI is InChI=1S/C17H29N3/c1-15-4-12-20(13-5-15)17-6-10-19(11-7-17)14-16-2-8-18-9-3-16/h2,6,10,15,17-18H,3-5,7-9,11-14H2,1H3. The van der Waals surface area contributed by atoms with Gasteiger partial charge in [0.2, 0.25) is 0 Å². The molecule has 3 nitrogen and oxygen atoms in total. The summed E-state index contributed by atoms with van der Waals surface area (Å²) in [4.78, 5) is 5.19. The first-order chi connectivity index (χ1) is 9.81. The van der Waals surface area contributed by atoms with Crippen molar-refractivity contribution in [3.63, 3.8) is 0 Å². The van der Waals surface area contributed by atoms with Crippen LogP contribution in [0.15, 0.2) is 23.9 Å². The smallest absolute Gasteiger partial charge is 0.0384 e. The monoisotopic (exact) mass is 275 g/mol. The second kappa shape index (κ2) is 6.77. The molecule has 1 atom stereocenters. The molecule has 1 fully saturated rings. The fourth-order valence-corrected chi connectivity index (χ4v) is 3.56. The molecule has 0 saturated carbocycles. The third-order valence-electron chi connectivity index (χ3n) is 5.08. The van der Waals surface area contributed by atoms with Crippen molar-refractivity contribution < 1.29 is 0 Å². The van der Waals surface area contributed by atoms with Crippen LogP contribution in [0.3, 0.4) is 0 Å². The molecule has 3 aliphatic heterocycles. The summed E-state index contributed by atoms with van der Waals surface area (Å²) >= 11 is 0. The van der Waals surface area contributed by atoms with Crippen LogP contribution in [0.25, 0.3) is 0 Å². The third kappa shape index (κ3) is 3.64. The average Bonchev–Trinajstić information content (AvgIpc) is 2.50. The van der Waals surface area contributed by atoms with E-state index in [9.17, 15) is 0 Å². The largest absolute Gasteiger partial charge is 0.374 e. The van der Waals surface area contributed by atoms with Crippen molar-refractivity contribution in [1.82, 2.24) is 15.1 Å². The molecule has 112 valence electrons. The molecular formula is C17H29N3. The Kier molecular flexibility index (Phi) is 4.79. The summed E-state index contributed by atoms with van der Waals surface area (Å²) in [5.74, 6) is 0.933. The third-order valence-corrected chi connectivity index (χ3v) is 5.08. The minimum Gasteiger partial charge on any atom is -0.374 e. The highest BCUT2D eigenvalue weighted by atomic mass is 15.2. The molecule has 1 saturated heterocycles. The van der Waals surface area contributed by atoms with E-state index < -0.39 is 0 Å². The molecule has 0 aromatic rings. The van der Waals surface area contributed by atoms with Crippen molar-refractivity contribution >= 4 is 0 Å². The Morgan fingerprint density at radius 3 is 2.70 bits per heavy atom. The van der Waals surface area contributed by atoms with Gasteiger partial charge in [-0.25, -0.2) is 0 Å². The van der Waals surface area contributed by atoms with Crippen molar-refractivity contribution in [3.8, 4) is 0 Å². The van der Waals surface area contributed by atoms with Crippen molar-refractivity contribution in [2.75, 3.05) is 39.3 Å². The highest BCUT2D eigenvalue weighted by Gasteiger charge is 2.24. The number of rotatable bonds is 3. The fraction of sp³-hybridized carbons (Fsp3) is 0.765. The lowest BCUT2D eigenvalue weighted by molar-refractivity contribution is 0.142. The van der Waals surface area contributed by atoms with Gasteiger partial charge in [-0.1, -0.05) is 24.6 Å². The molecule has 0 aromatic carbocycles. The highest BCUT2D eigenvalue weighted by Crippen LogP contribution is 2.22. The predicted octanol–water partition coefficient (Wildman–Crippen LogP) is 2.23. The van der Waals surface area contributed by atoms with Crippen LogP contribution in [-0.2, 0) is 0 Å². The van der Waals surface area contributed by atoms with E-state index in [2.05, 4.69) is 40.4 Å².